The lowest BCUT2D eigenvalue weighted by Crippen LogP contribution is -2.12. The van der Waals surface area contributed by atoms with E-state index in [0.717, 1.165) is 5.56 Å². The third-order valence-electron chi connectivity index (χ3n) is 2.09. The summed E-state index contributed by atoms with van der Waals surface area (Å²) in [5.74, 6) is 0.532. The maximum atomic E-state index is 11.4. The van der Waals surface area contributed by atoms with Crippen LogP contribution in [0.1, 0.15) is 18.2 Å². The quantitative estimate of drug-likeness (QED) is 0.719. The molecule has 0 aliphatic carbocycles. The van der Waals surface area contributed by atoms with Gasteiger partial charge in [0.05, 0.1) is 18.7 Å². The van der Waals surface area contributed by atoms with E-state index in [-0.39, 0.29) is 18.8 Å². The van der Waals surface area contributed by atoms with E-state index in [9.17, 15) is 4.79 Å². The Kier molecular flexibility index (Phi) is 4.85. The molecule has 1 aromatic heterocycles. The number of hydrogen-bond donors (Lipinski definition) is 0. The zero-order chi connectivity index (χ0) is 12.0. The van der Waals surface area contributed by atoms with E-state index in [0.29, 0.717) is 18.2 Å². The number of hydrogen-bond acceptors (Lipinski definition) is 5. The van der Waals surface area contributed by atoms with Gasteiger partial charge >= 0.3 is 0 Å². The second-order valence-electron chi connectivity index (χ2n) is 3.33. The number of carbonyl (C=O) groups is 1. The molecule has 0 radical (unpaired) electrons. The van der Waals surface area contributed by atoms with Gasteiger partial charge < -0.3 is 9.47 Å². The highest BCUT2D eigenvalue weighted by Gasteiger charge is 2.11. The molecule has 0 aliphatic rings. The van der Waals surface area contributed by atoms with Crippen LogP contribution in [0.25, 0.3) is 0 Å². The van der Waals surface area contributed by atoms with Crippen LogP contribution in [0, 0.1) is 6.92 Å². The van der Waals surface area contributed by atoms with Gasteiger partial charge in [0.1, 0.15) is 12.9 Å². The maximum Gasteiger partial charge on any atom is 0.219 e. The Morgan fingerprint density at radius 3 is 2.81 bits per heavy atom. The lowest BCUT2D eigenvalue weighted by atomic mass is 10.1. The average molecular weight is 224 g/mol. The van der Waals surface area contributed by atoms with Crippen LogP contribution in [0.15, 0.2) is 6.33 Å². The summed E-state index contributed by atoms with van der Waals surface area (Å²) in [5.41, 5.74) is 1.51. The first kappa shape index (κ1) is 12.6. The van der Waals surface area contributed by atoms with Crippen molar-refractivity contribution in [2.75, 3.05) is 20.3 Å². The fourth-order valence-electron chi connectivity index (χ4n) is 1.33. The fraction of sp³-hybridized carbons (Fsp3) is 0.545. The summed E-state index contributed by atoms with van der Waals surface area (Å²) in [4.78, 5) is 19.5. The standard InChI is InChI=1S/C11H16N2O3/c1-4-16-11-8(2)10(12-7-13-11)5-9(14)6-15-3/h7H,4-6H2,1-3H3. The molecule has 0 aliphatic heterocycles. The molecule has 0 saturated carbocycles. The predicted molar refractivity (Wildman–Crippen MR) is 58.5 cm³/mol. The van der Waals surface area contributed by atoms with Gasteiger partial charge in [-0.25, -0.2) is 9.97 Å². The molecule has 16 heavy (non-hydrogen) atoms. The molecular formula is C11H16N2O3. The van der Waals surface area contributed by atoms with Gasteiger partial charge in [-0.2, -0.15) is 0 Å². The van der Waals surface area contributed by atoms with Crippen LogP contribution < -0.4 is 4.74 Å². The van der Waals surface area contributed by atoms with Crippen LogP contribution in [0.4, 0.5) is 0 Å². The van der Waals surface area contributed by atoms with Gasteiger partial charge in [-0.3, -0.25) is 4.79 Å². The van der Waals surface area contributed by atoms with Crippen molar-refractivity contribution in [3.63, 3.8) is 0 Å². The van der Waals surface area contributed by atoms with E-state index >= 15 is 0 Å². The van der Waals surface area contributed by atoms with Gasteiger partial charge in [-0.1, -0.05) is 0 Å². The van der Waals surface area contributed by atoms with Crippen LogP contribution in [0.2, 0.25) is 0 Å². The van der Waals surface area contributed by atoms with E-state index in [1.54, 1.807) is 0 Å². The van der Waals surface area contributed by atoms with E-state index in [1.165, 1.54) is 13.4 Å². The lowest BCUT2D eigenvalue weighted by Gasteiger charge is -2.08. The van der Waals surface area contributed by atoms with Crippen molar-refractivity contribution >= 4 is 5.78 Å². The number of rotatable bonds is 6. The number of nitrogens with zero attached hydrogens (tertiary/aromatic N) is 2. The summed E-state index contributed by atoms with van der Waals surface area (Å²) < 4.78 is 10.1. The number of carbonyl (C=O) groups excluding carboxylic acids is 1. The van der Waals surface area contributed by atoms with Crippen LogP contribution in [-0.2, 0) is 16.0 Å². The van der Waals surface area contributed by atoms with Crippen LogP contribution >= 0.6 is 0 Å². The Hall–Kier alpha value is -1.49. The van der Waals surface area contributed by atoms with E-state index < -0.39 is 0 Å². The summed E-state index contributed by atoms with van der Waals surface area (Å²) in [6.07, 6.45) is 1.66. The first-order valence-corrected chi connectivity index (χ1v) is 5.13. The Bertz CT molecular complexity index is 366. The van der Waals surface area contributed by atoms with E-state index in [4.69, 9.17) is 9.47 Å². The summed E-state index contributed by atoms with van der Waals surface area (Å²) in [5, 5.41) is 0. The fourth-order valence-corrected chi connectivity index (χ4v) is 1.33. The molecule has 1 aromatic rings. The maximum absolute atomic E-state index is 11.4. The minimum atomic E-state index is -0.00764. The molecular weight excluding hydrogens is 208 g/mol. The van der Waals surface area contributed by atoms with Crippen LogP contribution in [0.3, 0.4) is 0 Å². The SMILES string of the molecule is CCOc1ncnc(CC(=O)COC)c1C. The predicted octanol–water partition coefficient (Wildman–Crippen LogP) is 0.942. The zero-order valence-corrected chi connectivity index (χ0v) is 9.82. The van der Waals surface area contributed by atoms with E-state index in [1.807, 2.05) is 13.8 Å². The van der Waals surface area contributed by atoms with Crippen molar-refractivity contribution in [2.45, 2.75) is 20.3 Å². The molecule has 0 unspecified atom stereocenters. The van der Waals surface area contributed by atoms with Gasteiger partial charge in [0.2, 0.25) is 5.88 Å². The van der Waals surface area contributed by atoms with E-state index in [2.05, 4.69) is 9.97 Å². The molecule has 0 atom stereocenters. The Morgan fingerprint density at radius 1 is 1.44 bits per heavy atom. The lowest BCUT2D eigenvalue weighted by molar-refractivity contribution is -0.122. The monoisotopic (exact) mass is 224 g/mol. The normalized spacial score (nSPS) is 10.2. The summed E-state index contributed by atoms with van der Waals surface area (Å²) in [6, 6.07) is 0. The smallest absolute Gasteiger partial charge is 0.219 e. The molecule has 0 amide bonds. The topological polar surface area (TPSA) is 61.3 Å². The number of ether oxygens (including phenoxy) is 2. The minimum Gasteiger partial charge on any atom is -0.478 e. The summed E-state index contributed by atoms with van der Waals surface area (Å²) in [6.45, 7) is 4.38. The molecule has 0 bridgehead atoms. The molecule has 0 aromatic carbocycles. The minimum absolute atomic E-state index is 0.00764. The van der Waals surface area contributed by atoms with Crippen molar-refractivity contribution < 1.29 is 14.3 Å². The zero-order valence-electron chi connectivity index (χ0n) is 9.82. The van der Waals surface area contributed by atoms with Crippen LogP contribution in [0.5, 0.6) is 5.88 Å². The molecule has 5 nitrogen and oxygen atoms in total. The third kappa shape index (κ3) is 3.27. The van der Waals surface area contributed by atoms with Crippen molar-refractivity contribution in [2.24, 2.45) is 0 Å². The van der Waals surface area contributed by atoms with Gasteiger partial charge in [-0.05, 0) is 13.8 Å². The highest BCUT2D eigenvalue weighted by molar-refractivity contribution is 5.82. The molecule has 0 spiro atoms. The molecule has 0 saturated heterocycles. The highest BCUT2D eigenvalue weighted by atomic mass is 16.5. The molecule has 1 rings (SSSR count). The van der Waals surface area contributed by atoms with Crippen molar-refractivity contribution in [3.8, 4) is 5.88 Å². The molecule has 0 N–H and O–H groups in total. The second kappa shape index (κ2) is 6.17. The molecule has 5 heteroatoms. The number of Topliss-reactive ketones (excluding diaryl/α,β-unsaturated/α-hetero) is 1. The molecule has 88 valence electrons. The number of methoxy groups -OCH3 is 1. The number of aromatic nitrogens is 2. The molecule has 1 heterocycles. The average Bonchev–Trinajstić information content (AvgIpc) is 2.24. The summed E-state index contributed by atoms with van der Waals surface area (Å²) in [7, 11) is 1.50. The largest absolute Gasteiger partial charge is 0.478 e. The third-order valence-corrected chi connectivity index (χ3v) is 2.09. The highest BCUT2D eigenvalue weighted by Crippen LogP contribution is 2.16. The van der Waals surface area contributed by atoms with Gasteiger partial charge in [-0.15, -0.1) is 0 Å². The Labute approximate surface area is 94.8 Å². The Balaban J connectivity index is 2.80. The van der Waals surface area contributed by atoms with Crippen LogP contribution in [-0.4, -0.2) is 36.1 Å². The number of ketones is 1. The van der Waals surface area contributed by atoms with Crippen molar-refractivity contribution in [1.29, 1.82) is 0 Å². The Morgan fingerprint density at radius 2 is 2.19 bits per heavy atom. The van der Waals surface area contributed by atoms with Gasteiger partial charge in [0.15, 0.2) is 5.78 Å². The van der Waals surface area contributed by atoms with Crippen molar-refractivity contribution in [1.82, 2.24) is 9.97 Å². The van der Waals surface area contributed by atoms with Crippen molar-refractivity contribution in [3.05, 3.63) is 17.6 Å². The van der Waals surface area contributed by atoms with Gasteiger partial charge in [0.25, 0.3) is 0 Å². The first-order chi connectivity index (χ1) is 7.69. The van der Waals surface area contributed by atoms with Gasteiger partial charge in [0, 0.05) is 12.7 Å². The second-order valence-corrected chi connectivity index (χ2v) is 3.33. The first-order valence-electron chi connectivity index (χ1n) is 5.13. The summed E-state index contributed by atoms with van der Waals surface area (Å²) >= 11 is 0. The molecule has 0 fully saturated rings.